The third kappa shape index (κ3) is 4.96. The average Bonchev–Trinajstić information content (AvgIpc) is 2.96. The van der Waals surface area contributed by atoms with Crippen LogP contribution in [0.15, 0.2) is 24.3 Å². The standard InChI is InChI=1S/C22H27N5O2/c1-6-26(13-15(2)11-23)14-21(28)25-22-20(12-24)16(3)17(4)27(22)18-7-9-19(29-5)10-8-18/h7-10,15H,6,13-14H2,1-5H3,(H,25,28). The van der Waals surface area contributed by atoms with Crippen molar-refractivity contribution >= 4 is 11.7 Å². The Kier molecular flexibility index (Phi) is 7.41. The summed E-state index contributed by atoms with van der Waals surface area (Å²) in [7, 11) is 1.60. The average molecular weight is 393 g/mol. The highest BCUT2D eigenvalue weighted by Crippen LogP contribution is 2.30. The Hall–Kier alpha value is -3.29. The number of hydrogen-bond donors (Lipinski definition) is 1. The van der Waals surface area contributed by atoms with E-state index in [4.69, 9.17) is 10.00 Å². The lowest BCUT2D eigenvalue weighted by Crippen LogP contribution is -2.36. The minimum atomic E-state index is -0.222. The number of carbonyl (C=O) groups excluding carboxylic acids is 1. The first-order valence-electron chi connectivity index (χ1n) is 9.54. The van der Waals surface area contributed by atoms with Crippen LogP contribution in [0.3, 0.4) is 0 Å². The van der Waals surface area contributed by atoms with Crippen molar-refractivity contribution in [1.82, 2.24) is 9.47 Å². The molecule has 0 saturated heterocycles. The number of ether oxygens (including phenoxy) is 1. The third-order valence-electron chi connectivity index (χ3n) is 4.98. The lowest BCUT2D eigenvalue weighted by atomic mass is 10.2. The molecule has 152 valence electrons. The molecular weight excluding hydrogens is 366 g/mol. The molecule has 0 fully saturated rings. The van der Waals surface area contributed by atoms with Gasteiger partial charge in [-0.15, -0.1) is 0 Å². The van der Waals surface area contributed by atoms with Crippen LogP contribution in [0.5, 0.6) is 5.75 Å². The summed E-state index contributed by atoms with van der Waals surface area (Å²) >= 11 is 0. The van der Waals surface area contributed by atoms with Crippen LogP contribution in [0.1, 0.15) is 30.7 Å². The molecule has 1 heterocycles. The number of nitrogens with zero attached hydrogens (tertiary/aromatic N) is 4. The first-order valence-corrected chi connectivity index (χ1v) is 9.54. The Morgan fingerprint density at radius 3 is 2.45 bits per heavy atom. The predicted octanol–water partition coefficient (Wildman–Crippen LogP) is 3.39. The summed E-state index contributed by atoms with van der Waals surface area (Å²) in [6, 6.07) is 11.8. The summed E-state index contributed by atoms with van der Waals surface area (Å²) < 4.78 is 7.09. The summed E-state index contributed by atoms with van der Waals surface area (Å²) in [5, 5.41) is 21.6. The molecule has 0 bridgehead atoms. The zero-order valence-electron chi connectivity index (χ0n) is 17.6. The molecule has 1 unspecified atom stereocenters. The number of anilines is 1. The molecule has 2 aromatic rings. The Morgan fingerprint density at radius 2 is 1.93 bits per heavy atom. The number of hydrogen-bond acceptors (Lipinski definition) is 5. The minimum Gasteiger partial charge on any atom is -0.497 e. The van der Waals surface area contributed by atoms with E-state index in [9.17, 15) is 10.1 Å². The fraction of sp³-hybridized carbons (Fsp3) is 0.409. The second kappa shape index (κ2) is 9.77. The van der Waals surface area contributed by atoms with Crippen molar-refractivity contribution in [3.63, 3.8) is 0 Å². The Bertz CT molecular complexity index is 948. The highest BCUT2D eigenvalue weighted by molar-refractivity contribution is 5.93. The van der Waals surface area contributed by atoms with Crippen molar-refractivity contribution in [2.75, 3.05) is 32.1 Å². The van der Waals surface area contributed by atoms with Gasteiger partial charge in [0.15, 0.2) is 0 Å². The zero-order valence-corrected chi connectivity index (χ0v) is 17.6. The number of carbonyl (C=O) groups is 1. The molecule has 29 heavy (non-hydrogen) atoms. The second-order valence-corrected chi connectivity index (χ2v) is 6.99. The third-order valence-corrected chi connectivity index (χ3v) is 4.98. The van der Waals surface area contributed by atoms with Crippen molar-refractivity contribution in [3.8, 4) is 23.6 Å². The van der Waals surface area contributed by atoms with E-state index in [1.54, 1.807) is 7.11 Å². The van der Waals surface area contributed by atoms with Crippen LogP contribution in [0.25, 0.3) is 5.69 Å². The fourth-order valence-electron chi connectivity index (χ4n) is 3.22. The van der Waals surface area contributed by atoms with E-state index in [0.717, 1.165) is 22.7 Å². The number of methoxy groups -OCH3 is 1. The lowest BCUT2D eigenvalue weighted by Gasteiger charge is -2.21. The van der Waals surface area contributed by atoms with E-state index < -0.39 is 0 Å². The van der Waals surface area contributed by atoms with E-state index in [1.807, 2.05) is 61.4 Å². The van der Waals surface area contributed by atoms with Crippen LogP contribution >= 0.6 is 0 Å². The topological polar surface area (TPSA) is 94.1 Å². The smallest absolute Gasteiger partial charge is 0.239 e. The molecule has 1 atom stereocenters. The van der Waals surface area contributed by atoms with Gasteiger partial charge >= 0.3 is 0 Å². The maximum atomic E-state index is 12.7. The largest absolute Gasteiger partial charge is 0.497 e. The highest BCUT2D eigenvalue weighted by Gasteiger charge is 2.22. The molecule has 0 spiro atoms. The van der Waals surface area contributed by atoms with E-state index in [-0.39, 0.29) is 18.4 Å². The van der Waals surface area contributed by atoms with Crippen molar-refractivity contribution in [1.29, 1.82) is 10.5 Å². The van der Waals surface area contributed by atoms with Gasteiger partial charge in [-0.25, -0.2) is 0 Å². The summed E-state index contributed by atoms with van der Waals surface area (Å²) in [4.78, 5) is 14.7. The molecule has 0 radical (unpaired) electrons. The molecule has 7 heteroatoms. The monoisotopic (exact) mass is 393 g/mol. The van der Waals surface area contributed by atoms with Crippen LogP contribution in [0.4, 0.5) is 5.82 Å². The number of aromatic nitrogens is 1. The highest BCUT2D eigenvalue weighted by atomic mass is 16.5. The lowest BCUT2D eigenvalue weighted by molar-refractivity contribution is -0.117. The van der Waals surface area contributed by atoms with E-state index in [2.05, 4.69) is 17.5 Å². The van der Waals surface area contributed by atoms with Gasteiger partial charge in [-0.3, -0.25) is 14.3 Å². The van der Waals surface area contributed by atoms with Gasteiger partial charge in [0.2, 0.25) is 5.91 Å². The van der Waals surface area contributed by atoms with Crippen LogP contribution in [-0.4, -0.2) is 42.1 Å². The molecule has 0 saturated carbocycles. The Labute approximate surface area is 172 Å². The first kappa shape index (κ1) is 22.0. The number of nitrogens with one attached hydrogen (secondary N) is 1. The van der Waals surface area contributed by atoms with Gasteiger partial charge in [0, 0.05) is 17.9 Å². The van der Waals surface area contributed by atoms with Crippen molar-refractivity contribution in [3.05, 3.63) is 41.1 Å². The van der Waals surface area contributed by atoms with Gasteiger partial charge < -0.3 is 10.1 Å². The molecule has 1 aromatic heterocycles. The van der Waals surface area contributed by atoms with Gasteiger partial charge in [-0.2, -0.15) is 10.5 Å². The Balaban J connectivity index is 2.36. The molecule has 1 aromatic carbocycles. The first-order chi connectivity index (χ1) is 13.9. The molecule has 0 aliphatic heterocycles. The molecule has 1 N–H and O–H groups in total. The molecular formula is C22H27N5O2. The van der Waals surface area contributed by atoms with Gasteiger partial charge in [0.1, 0.15) is 17.6 Å². The quantitative estimate of drug-likeness (QED) is 0.742. The van der Waals surface area contributed by atoms with Gasteiger partial charge in [0.05, 0.1) is 31.2 Å². The van der Waals surface area contributed by atoms with Gasteiger partial charge in [-0.05, 0) is 57.1 Å². The SMILES string of the molecule is CCN(CC(=O)Nc1c(C#N)c(C)c(C)n1-c1ccc(OC)cc1)CC(C)C#N. The number of rotatable bonds is 8. The number of amides is 1. The van der Waals surface area contributed by atoms with Crippen molar-refractivity contribution < 1.29 is 9.53 Å². The summed E-state index contributed by atoms with van der Waals surface area (Å²) in [5.41, 5.74) is 2.98. The van der Waals surface area contributed by atoms with Crippen molar-refractivity contribution in [2.45, 2.75) is 27.7 Å². The van der Waals surface area contributed by atoms with Crippen LogP contribution in [0.2, 0.25) is 0 Å². The zero-order chi connectivity index (χ0) is 21.6. The van der Waals surface area contributed by atoms with E-state index in [1.165, 1.54) is 0 Å². The summed E-state index contributed by atoms with van der Waals surface area (Å²) in [6.07, 6.45) is 0. The molecule has 1 amide bonds. The fourth-order valence-corrected chi connectivity index (χ4v) is 3.22. The van der Waals surface area contributed by atoms with E-state index in [0.29, 0.717) is 24.5 Å². The van der Waals surface area contributed by atoms with Crippen LogP contribution in [-0.2, 0) is 4.79 Å². The summed E-state index contributed by atoms with van der Waals surface area (Å²) in [5.74, 6) is 0.805. The number of benzene rings is 1. The maximum Gasteiger partial charge on any atom is 0.239 e. The second-order valence-electron chi connectivity index (χ2n) is 6.99. The van der Waals surface area contributed by atoms with E-state index >= 15 is 0 Å². The van der Waals surface area contributed by atoms with Gasteiger partial charge in [-0.1, -0.05) is 6.92 Å². The molecule has 0 aliphatic rings. The molecule has 2 rings (SSSR count). The van der Waals surface area contributed by atoms with Crippen molar-refractivity contribution in [2.24, 2.45) is 5.92 Å². The number of nitriles is 2. The van der Waals surface area contributed by atoms with Gasteiger partial charge in [0.25, 0.3) is 0 Å². The summed E-state index contributed by atoms with van der Waals surface area (Å²) in [6.45, 7) is 8.90. The maximum absolute atomic E-state index is 12.7. The normalized spacial score (nSPS) is 11.6. The molecule has 0 aliphatic carbocycles. The molecule has 7 nitrogen and oxygen atoms in total. The number of likely N-dealkylation sites (N-methyl/N-ethyl adjacent to an activating group) is 1. The predicted molar refractivity (Wildman–Crippen MR) is 112 cm³/mol. The Morgan fingerprint density at radius 1 is 1.28 bits per heavy atom. The van der Waals surface area contributed by atoms with Crippen LogP contribution < -0.4 is 10.1 Å². The minimum absolute atomic E-state index is 0.152. The van der Waals surface area contributed by atoms with Crippen LogP contribution in [0, 0.1) is 42.4 Å².